The first kappa shape index (κ1) is 15.9. The first-order valence-electron chi connectivity index (χ1n) is 7.89. The van der Waals surface area contributed by atoms with Gasteiger partial charge in [0.15, 0.2) is 0 Å². The summed E-state index contributed by atoms with van der Waals surface area (Å²) in [6.45, 7) is 0.286. The van der Waals surface area contributed by atoms with Gasteiger partial charge in [-0.2, -0.15) is 0 Å². The van der Waals surface area contributed by atoms with E-state index in [1.807, 2.05) is 64.2 Å². The minimum Gasteiger partial charge on any atom is -0.497 e. The predicted octanol–water partition coefficient (Wildman–Crippen LogP) is 3.79. The molecule has 2 heterocycles. The van der Waals surface area contributed by atoms with Crippen molar-refractivity contribution < 1.29 is 9.53 Å². The van der Waals surface area contributed by atoms with Crippen molar-refractivity contribution in [2.24, 2.45) is 0 Å². The SMILES string of the molecule is COc1ccc(N2C(=O)Cn3cncc3C2c2ccc(Br)cc2)cc1. The molecular weight excluding hydrogens is 382 g/mol. The minimum absolute atomic E-state index is 0.0311. The third kappa shape index (κ3) is 2.82. The van der Waals surface area contributed by atoms with Crippen LogP contribution in [0, 0.1) is 0 Å². The second-order valence-electron chi connectivity index (χ2n) is 5.86. The van der Waals surface area contributed by atoms with Crippen LogP contribution in [0.1, 0.15) is 17.3 Å². The van der Waals surface area contributed by atoms with Crippen molar-refractivity contribution in [2.45, 2.75) is 12.6 Å². The molecule has 0 saturated carbocycles. The largest absolute Gasteiger partial charge is 0.497 e. The van der Waals surface area contributed by atoms with Gasteiger partial charge in [0.1, 0.15) is 18.3 Å². The molecule has 1 aliphatic rings. The van der Waals surface area contributed by atoms with Crippen LogP contribution in [0.5, 0.6) is 5.75 Å². The molecule has 1 unspecified atom stereocenters. The maximum absolute atomic E-state index is 12.9. The van der Waals surface area contributed by atoms with Crippen molar-refractivity contribution in [1.82, 2.24) is 9.55 Å². The van der Waals surface area contributed by atoms with Crippen molar-refractivity contribution in [3.8, 4) is 5.75 Å². The Labute approximate surface area is 154 Å². The molecule has 2 aromatic carbocycles. The molecule has 3 aromatic rings. The molecule has 0 radical (unpaired) electrons. The van der Waals surface area contributed by atoms with Gasteiger partial charge in [-0.05, 0) is 42.0 Å². The molecule has 1 atom stereocenters. The van der Waals surface area contributed by atoms with Crippen LogP contribution in [0.3, 0.4) is 0 Å². The van der Waals surface area contributed by atoms with E-state index in [4.69, 9.17) is 4.74 Å². The number of hydrogen-bond donors (Lipinski definition) is 0. The zero-order valence-electron chi connectivity index (χ0n) is 13.6. The Bertz CT molecular complexity index is 903. The number of halogens is 1. The van der Waals surface area contributed by atoms with Gasteiger partial charge in [0.05, 0.1) is 25.3 Å². The molecule has 1 aliphatic heterocycles. The number of rotatable bonds is 3. The Kier molecular flexibility index (Phi) is 4.05. The fourth-order valence-corrected chi connectivity index (χ4v) is 3.45. The lowest BCUT2D eigenvalue weighted by molar-refractivity contribution is -0.120. The molecule has 0 fully saturated rings. The number of carbonyl (C=O) groups excluding carboxylic acids is 1. The van der Waals surface area contributed by atoms with Gasteiger partial charge >= 0.3 is 0 Å². The normalized spacial score (nSPS) is 16.6. The lowest BCUT2D eigenvalue weighted by atomic mass is 9.99. The summed E-state index contributed by atoms with van der Waals surface area (Å²) in [6, 6.07) is 15.4. The van der Waals surface area contributed by atoms with Crippen molar-refractivity contribution in [3.05, 3.63) is 76.8 Å². The number of carbonyl (C=O) groups is 1. The Morgan fingerprint density at radius 3 is 2.52 bits per heavy atom. The van der Waals surface area contributed by atoms with Crippen LogP contribution in [-0.4, -0.2) is 22.6 Å². The quantitative estimate of drug-likeness (QED) is 0.675. The maximum Gasteiger partial charge on any atom is 0.247 e. The number of methoxy groups -OCH3 is 1. The van der Waals surface area contributed by atoms with E-state index in [0.717, 1.165) is 27.2 Å². The molecule has 25 heavy (non-hydrogen) atoms. The number of fused-ring (bicyclic) bond motifs is 1. The highest BCUT2D eigenvalue weighted by molar-refractivity contribution is 9.10. The molecule has 4 rings (SSSR count). The van der Waals surface area contributed by atoms with Gasteiger partial charge in [-0.3, -0.25) is 9.69 Å². The zero-order valence-corrected chi connectivity index (χ0v) is 15.2. The first-order chi connectivity index (χ1) is 12.2. The molecule has 126 valence electrons. The van der Waals surface area contributed by atoms with Crippen LogP contribution in [-0.2, 0) is 11.3 Å². The molecule has 0 bridgehead atoms. The summed E-state index contributed by atoms with van der Waals surface area (Å²) >= 11 is 3.47. The lowest BCUT2D eigenvalue weighted by Crippen LogP contribution is -2.43. The highest BCUT2D eigenvalue weighted by Crippen LogP contribution is 2.37. The number of nitrogens with zero attached hydrogens (tertiary/aromatic N) is 3. The van der Waals surface area contributed by atoms with Crippen LogP contribution in [0.2, 0.25) is 0 Å². The highest BCUT2D eigenvalue weighted by Gasteiger charge is 2.35. The molecule has 5 nitrogen and oxygen atoms in total. The summed E-state index contributed by atoms with van der Waals surface area (Å²) in [7, 11) is 1.63. The van der Waals surface area contributed by atoms with Crippen LogP contribution >= 0.6 is 15.9 Å². The van der Waals surface area contributed by atoms with Crippen LogP contribution in [0.15, 0.2) is 65.5 Å². The number of anilines is 1. The fraction of sp³-hybridized carbons (Fsp3) is 0.158. The van der Waals surface area contributed by atoms with Gasteiger partial charge in [-0.15, -0.1) is 0 Å². The Morgan fingerprint density at radius 2 is 1.84 bits per heavy atom. The van der Waals surface area contributed by atoms with E-state index in [-0.39, 0.29) is 18.5 Å². The second-order valence-corrected chi connectivity index (χ2v) is 6.78. The average Bonchev–Trinajstić information content (AvgIpc) is 3.09. The summed E-state index contributed by atoms with van der Waals surface area (Å²) in [5.41, 5.74) is 2.87. The standard InChI is InChI=1S/C19H16BrN3O2/c1-25-16-8-6-15(7-9-16)23-18(24)11-22-12-21-10-17(22)19(23)13-2-4-14(20)5-3-13/h2-10,12,19H,11H2,1H3. The van der Waals surface area contributed by atoms with E-state index in [2.05, 4.69) is 20.9 Å². The highest BCUT2D eigenvalue weighted by atomic mass is 79.9. The molecule has 6 heteroatoms. The van der Waals surface area contributed by atoms with E-state index in [0.29, 0.717) is 0 Å². The molecule has 1 amide bonds. The van der Waals surface area contributed by atoms with Gasteiger partial charge in [0.2, 0.25) is 5.91 Å². The van der Waals surface area contributed by atoms with Gasteiger partial charge in [0, 0.05) is 10.2 Å². The minimum atomic E-state index is -0.217. The van der Waals surface area contributed by atoms with Gasteiger partial charge in [-0.1, -0.05) is 28.1 Å². The van der Waals surface area contributed by atoms with Gasteiger partial charge < -0.3 is 9.30 Å². The summed E-state index contributed by atoms with van der Waals surface area (Å²) in [4.78, 5) is 19.0. The van der Waals surface area contributed by atoms with E-state index in [9.17, 15) is 4.79 Å². The van der Waals surface area contributed by atoms with E-state index >= 15 is 0 Å². The van der Waals surface area contributed by atoms with Crippen molar-refractivity contribution in [2.75, 3.05) is 12.0 Å². The smallest absolute Gasteiger partial charge is 0.247 e. The van der Waals surface area contributed by atoms with Gasteiger partial charge in [-0.25, -0.2) is 4.98 Å². The number of aromatic nitrogens is 2. The number of ether oxygens (including phenoxy) is 1. The van der Waals surface area contributed by atoms with Crippen molar-refractivity contribution >= 4 is 27.5 Å². The van der Waals surface area contributed by atoms with E-state index in [1.165, 1.54) is 0 Å². The van der Waals surface area contributed by atoms with Crippen LogP contribution < -0.4 is 9.64 Å². The second kappa shape index (κ2) is 6.37. The molecular formula is C19H16BrN3O2. The molecule has 0 aliphatic carbocycles. The van der Waals surface area contributed by atoms with Crippen molar-refractivity contribution in [1.29, 1.82) is 0 Å². The van der Waals surface area contributed by atoms with Crippen molar-refractivity contribution in [3.63, 3.8) is 0 Å². The summed E-state index contributed by atoms with van der Waals surface area (Å²) in [5.74, 6) is 0.794. The molecule has 0 saturated heterocycles. The topological polar surface area (TPSA) is 47.4 Å². The molecule has 0 N–H and O–H groups in total. The lowest BCUT2D eigenvalue weighted by Gasteiger charge is -2.36. The summed E-state index contributed by atoms with van der Waals surface area (Å²) < 4.78 is 8.14. The Morgan fingerprint density at radius 1 is 1.12 bits per heavy atom. The number of benzene rings is 2. The third-order valence-corrected chi connectivity index (χ3v) is 4.92. The average molecular weight is 398 g/mol. The predicted molar refractivity (Wildman–Crippen MR) is 98.7 cm³/mol. The number of hydrogen-bond acceptors (Lipinski definition) is 3. The Hall–Kier alpha value is -2.60. The fourth-order valence-electron chi connectivity index (χ4n) is 3.19. The van der Waals surface area contributed by atoms with E-state index in [1.54, 1.807) is 13.4 Å². The van der Waals surface area contributed by atoms with E-state index < -0.39 is 0 Å². The Balaban J connectivity index is 1.84. The molecule has 0 spiro atoms. The summed E-state index contributed by atoms with van der Waals surface area (Å²) in [6.07, 6.45) is 3.54. The first-order valence-corrected chi connectivity index (χ1v) is 8.68. The number of imidazole rings is 1. The zero-order chi connectivity index (χ0) is 17.4. The third-order valence-electron chi connectivity index (χ3n) is 4.39. The number of amides is 1. The maximum atomic E-state index is 12.9. The van der Waals surface area contributed by atoms with Gasteiger partial charge in [0.25, 0.3) is 0 Å². The van der Waals surface area contributed by atoms with Crippen LogP contribution in [0.4, 0.5) is 5.69 Å². The summed E-state index contributed by atoms with van der Waals surface area (Å²) in [5, 5.41) is 0. The molecule has 1 aromatic heterocycles. The monoisotopic (exact) mass is 397 g/mol. The van der Waals surface area contributed by atoms with Crippen LogP contribution in [0.25, 0.3) is 0 Å².